The summed E-state index contributed by atoms with van der Waals surface area (Å²) in [6, 6.07) is 11.0. The van der Waals surface area contributed by atoms with Crippen LogP contribution in [0.2, 0.25) is 0 Å². The van der Waals surface area contributed by atoms with E-state index in [1.54, 1.807) is 0 Å². The maximum atomic E-state index is 3.40. The Balaban J connectivity index is 1.80. The van der Waals surface area contributed by atoms with Crippen molar-refractivity contribution in [2.45, 2.75) is 26.2 Å². The molecule has 0 nitrogen and oxygen atoms in total. The molecule has 28 heavy (non-hydrogen) atoms. The lowest BCUT2D eigenvalue weighted by Crippen LogP contribution is -2.09. The number of fused-ring (bicyclic) bond motifs is 1. The van der Waals surface area contributed by atoms with Crippen LogP contribution in [0.1, 0.15) is 37.5 Å². The number of rotatable bonds is 0. The zero-order chi connectivity index (χ0) is 19.6. The summed E-state index contributed by atoms with van der Waals surface area (Å²) in [6.07, 6.45) is 16.7. The van der Waals surface area contributed by atoms with E-state index in [0.717, 1.165) is 11.1 Å². The van der Waals surface area contributed by atoms with E-state index in [0.29, 0.717) is 0 Å². The summed E-state index contributed by atoms with van der Waals surface area (Å²) < 4.78 is 0. The van der Waals surface area contributed by atoms with Gasteiger partial charge in [-0.2, -0.15) is 0 Å². The third-order valence-corrected chi connectivity index (χ3v) is 5.13. The third kappa shape index (κ3) is 3.88. The SMILES string of the molecule is CC(C)(C)c1ccc2c(C#CC3C=CC=C3)cc(C#CC3C=CC=C3)c-2cc1. The van der Waals surface area contributed by atoms with Gasteiger partial charge < -0.3 is 0 Å². The van der Waals surface area contributed by atoms with Crippen molar-refractivity contribution in [2.24, 2.45) is 11.8 Å². The van der Waals surface area contributed by atoms with Crippen molar-refractivity contribution in [1.29, 1.82) is 0 Å². The van der Waals surface area contributed by atoms with Crippen LogP contribution in [0.3, 0.4) is 0 Å². The van der Waals surface area contributed by atoms with Gasteiger partial charge in [-0.05, 0) is 28.2 Å². The Morgan fingerprint density at radius 3 is 1.46 bits per heavy atom. The van der Waals surface area contributed by atoms with Crippen molar-refractivity contribution in [1.82, 2.24) is 0 Å². The second-order valence-electron chi connectivity index (χ2n) is 8.30. The number of hydrogen-bond acceptors (Lipinski definition) is 0. The van der Waals surface area contributed by atoms with E-state index in [9.17, 15) is 0 Å². The smallest absolute Gasteiger partial charge is 0.0573 e. The van der Waals surface area contributed by atoms with Gasteiger partial charge in [0.2, 0.25) is 0 Å². The van der Waals surface area contributed by atoms with E-state index in [1.165, 1.54) is 16.7 Å². The zero-order valence-corrected chi connectivity index (χ0v) is 16.7. The van der Waals surface area contributed by atoms with E-state index in [2.05, 4.69) is 123 Å². The van der Waals surface area contributed by atoms with Crippen LogP contribution in [0.4, 0.5) is 0 Å². The molecule has 136 valence electrons. The van der Waals surface area contributed by atoms with E-state index < -0.39 is 0 Å². The van der Waals surface area contributed by atoms with Gasteiger partial charge in [-0.1, -0.05) is 117 Å². The average Bonchev–Trinajstić information content (AvgIpc) is 3.37. The molecule has 4 aliphatic carbocycles. The van der Waals surface area contributed by atoms with Crippen molar-refractivity contribution in [2.75, 3.05) is 0 Å². The monoisotopic (exact) mass is 360 g/mol. The van der Waals surface area contributed by atoms with Crippen molar-refractivity contribution in [3.05, 3.63) is 95.6 Å². The summed E-state index contributed by atoms with van der Waals surface area (Å²) in [5, 5.41) is 0. The molecule has 0 atom stereocenters. The lowest BCUT2D eigenvalue weighted by atomic mass is 9.88. The highest BCUT2D eigenvalue weighted by Crippen LogP contribution is 2.33. The molecule has 0 aromatic heterocycles. The number of allylic oxidation sites excluding steroid dienone is 8. The van der Waals surface area contributed by atoms with Crippen molar-refractivity contribution in [3.63, 3.8) is 0 Å². The molecule has 0 saturated heterocycles. The lowest BCUT2D eigenvalue weighted by molar-refractivity contribution is 0.591. The van der Waals surface area contributed by atoms with Crippen molar-refractivity contribution < 1.29 is 0 Å². The number of hydrogen-bond donors (Lipinski definition) is 0. The maximum absolute atomic E-state index is 3.40. The molecule has 0 spiro atoms. The Morgan fingerprint density at radius 2 is 1.07 bits per heavy atom. The fraction of sp³-hybridized carbons (Fsp3) is 0.214. The first-order chi connectivity index (χ1) is 13.5. The largest absolute Gasteiger partial charge is 0.0861 e. The normalized spacial score (nSPS) is 15.7. The first kappa shape index (κ1) is 18.2. The lowest BCUT2D eigenvalue weighted by Gasteiger charge is -2.17. The van der Waals surface area contributed by atoms with Crippen molar-refractivity contribution >= 4 is 0 Å². The quantitative estimate of drug-likeness (QED) is 0.485. The van der Waals surface area contributed by atoms with E-state index in [-0.39, 0.29) is 17.3 Å². The van der Waals surface area contributed by atoms with Crippen molar-refractivity contribution in [3.8, 4) is 34.8 Å². The minimum absolute atomic E-state index is 0.104. The molecule has 0 fully saturated rings. The second-order valence-corrected chi connectivity index (χ2v) is 8.30. The standard InChI is InChI=1S/C28H24/c1-28(2,3)25-16-18-26-23(14-12-21-8-4-5-9-21)20-24(27(26)19-17-25)15-13-22-10-6-7-11-22/h4-11,16-22H,1-3H3. The highest BCUT2D eigenvalue weighted by molar-refractivity contribution is 5.81. The van der Waals surface area contributed by atoms with Gasteiger partial charge in [-0.15, -0.1) is 0 Å². The van der Waals surface area contributed by atoms with Crippen LogP contribution in [-0.2, 0) is 5.41 Å². The van der Waals surface area contributed by atoms with Gasteiger partial charge >= 0.3 is 0 Å². The Kier molecular flexibility index (Phi) is 4.81. The summed E-state index contributed by atoms with van der Waals surface area (Å²) >= 11 is 0. The highest BCUT2D eigenvalue weighted by atomic mass is 14.2. The minimum Gasteiger partial charge on any atom is -0.0861 e. The third-order valence-electron chi connectivity index (χ3n) is 5.13. The van der Waals surface area contributed by atoms with Crippen LogP contribution >= 0.6 is 0 Å². The maximum Gasteiger partial charge on any atom is 0.0573 e. The summed E-state index contributed by atoms with van der Waals surface area (Å²) in [4.78, 5) is 0. The fourth-order valence-electron chi connectivity index (χ4n) is 3.44. The van der Waals surface area contributed by atoms with Crippen LogP contribution in [0.15, 0.2) is 78.9 Å². The Labute approximate surface area is 168 Å². The molecular weight excluding hydrogens is 336 g/mol. The molecule has 4 aliphatic rings. The van der Waals surface area contributed by atoms with Crippen LogP contribution in [0.25, 0.3) is 11.1 Å². The predicted molar refractivity (Wildman–Crippen MR) is 119 cm³/mol. The molecule has 0 aliphatic heterocycles. The van der Waals surface area contributed by atoms with E-state index in [4.69, 9.17) is 0 Å². The zero-order valence-electron chi connectivity index (χ0n) is 16.7. The molecule has 0 radical (unpaired) electrons. The first-order valence-electron chi connectivity index (χ1n) is 9.81. The van der Waals surface area contributed by atoms with Gasteiger partial charge in [0, 0.05) is 11.1 Å². The molecule has 0 unspecified atom stereocenters. The minimum atomic E-state index is 0.104. The topological polar surface area (TPSA) is 0 Å². The Hall–Kier alpha value is -3.22. The highest BCUT2D eigenvalue weighted by Gasteiger charge is 2.17. The average molecular weight is 361 g/mol. The van der Waals surface area contributed by atoms with E-state index in [1.807, 2.05) is 0 Å². The molecule has 4 rings (SSSR count). The molecule has 0 saturated carbocycles. The summed E-state index contributed by atoms with van der Waals surface area (Å²) in [5.74, 6) is 13.9. The summed E-state index contributed by atoms with van der Waals surface area (Å²) in [6.45, 7) is 6.73. The van der Waals surface area contributed by atoms with Gasteiger partial charge in [0.25, 0.3) is 0 Å². The molecule has 0 aromatic rings. The molecular formula is C28H24. The first-order valence-corrected chi connectivity index (χ1v) is 9.81. The van der Waals surface area contributed by atoms with Gasteiger partial charge in [-0.3, -0.25) is 0 Å². The second kappa shape index (κ2) is 7.42. The van der Waals surface area contributed by atoms with Crippen LogP contribution in [0.5, 0.6) is 0 Å². The van der Waals surface area contributed by atoms with Crippen LogP contribution < -0.4 is 0 Å². The molecule has 0 N–H and O–H groups in total. The molecule has 0 heterocycles. The Bertz CT molecular complexity index is 1000. The molecule has 0 amide bonds. The van der Waals surface area contributed by atoms with Gasteiger partial charge in [-0.25, -0.2) is 0 Å². The predicted octanol–water partition coefficient (Wildman–Crippen LogP) is 6.28. The van der Waals surface area contributed by atoms with Gasteiger partial charge in [0.05, 0.1) is 11.8 Å². The van der Waals surface area contributed by atoms with Gasteiger partial charge in [0.15, 0.2) is 0 Å². The van der Waals surface area contributed by atoms with Crippen LogP contribution in [-0.4, -0.2) is 0 Å². The summed E-state index contributed by atoms with van der Waals surface area (Å²) in [5.41, 5.74) is 5.88. The van der Waals surface area contributed by atoms with Gasteiger partial charge in [0.1, 0.15) is 0 Å². The Morgan fingerprint density at radius 1 is 0.643 bits per heavy atom. The van der Waals surface area contributed by atoms with E-state index >= 15 is 0 Å². The fourth-order valence-corrected chi connectivity index (χ4v) is 3.44. The van der Waals surface area contributed by atoms with Crippen LogP contribution in [0, 0.1) is 35.5 Å². The molecule has 0 aromatic carbocycles. The molecule has 0 heteroatoms. The molecule has 0 bridgehead atoms. The summed E-state index contributed by atoms with van der Waals surface area (Å²) in [7, 11) is 0.